The number of hydrogen-bond donors (Lipinski definition) is 1. The van der Waals surface area contributed by atoms with Crippen LogP contribution in [0.3, 0.4) is 0 Å². The molecule has 30 heavy (non-hydrogen) atoms. The summed E-state index contributed by atoms with van der Waals surface area (Å²) in [6, 6.07) is 16.2. The van der Waals surface area contributed by atoms with Crippen LogP contribution < -0.4 is 9.64 Å². The Labute approximate surface area is 176 Å². The molecule has 6 heteroatoms. The van der Waals surface area contributed by atoms with Gasteiger partial charge in [-0.15, -0.1) is 0 Å². The minimum Gasteiger partial charge on any atom is -0.478 e. The van der Waals surface area contributed by atoms with Gasteiger partial charge in [-0.2, -0.15) is 4.98 Å². The number of ether oxygens (including phenoxy) is 1. The Morgan fingerprint density at radius 3 is 2.77 bits per heavy atom. The topological polar surface area (TPSA) is 75.8 Å². The van der Waals surface area contributed by atoms with E-state index in [4.69, 9.17) is 9.15 Å². The Balaban J connectivity index is 1.40. The number of anilines is 1. The summed E-state index contributed by atoms with van der Waals surface area (Å²) < 4.78 is 11.7. The van der Waals surface area contributed by atoms with Crippen LogP contribution in [0.25, 0.3) is 11.1 Å². The van der Waals surface area contributed by atoms with E-state index in [1.807, 2.05) is 42.5 Å². The number of para-hydroxylation sites is 2. The van der Waals surface area contributed by atoms with Crippen molar-refractivity contribution in [1.82, 2.24) is 4.98 Å². The van der Waals surface area contributed by atoms with Crippen molar-refractivity contribution in [3.63, 3.8) is 0 Å². The third kappa shape index (κ3) is 4.93. The molecule has 1 fully saturated rings. The van der Waals surface area contributed by atoms with Crippen LogP contribution in [0.4, 0.5) is 6.01 Å². The maximum Gasteiger partial charge on any atom is 0.347 e. The van der Waals surface area contributed by atoms with E-state index in [0.29, 0.717) is 11.8 Å². The molecule has 6 nitrogen and oxygen atoms in total. The van der Waals surface area contributed by atoms with Crippen LogP contribution in [-0.2, 0) is 11.2 Å². The fraction of sp³-hybridized carbons (Fsp3) is 0.417. The lowest BCUT2D eigenvalue weighted by molar-refractivity contribution is -0.152. The van der Waals surface area contributed by atoms with Crippen LogP contribution in [0.5, 0.6) is 5.75 Å². The number of carboxylic acids is 1. The van der Waals surface area contributed by atoms with Crippen molar-refractivity contribution in [2.75, 3.05) is 18.0 Å². The van der Waals surface area contributed by atoms with Gasteiger partial charge in [-0.25, -0.2) is 4.79 Å². The molecule has 1 heterocycles. The minimum atomic E-state index is -1.26. The number of aliphatic carboxylic acids is 1. The molecule has 0 aliphatic heterocycles. The van der Waals surface area contributed by atoms with Gasteiger partial charge in [-0.05, 0) is 75.3 Å². The molecular weight excluding hydrogens is 380 g/mol. The average Bonchev–Trinajstić information content (AvgIpc) is 3.42. The van der Waals surface area contributed by atoms with Crippen LogP contribution in [0, 0.1) is 5.92 Å². The number of nitrogens with zero attached hydrogens (tertiary/aromatic N) is 2. The third-order valence-corrected chi connectivity index (χ3v) is 5.41. The molecule has 1 aliphatic rings. The van der Waals surface area contributed by atoms with Gasteiger partial charge in [-0.3, -0.25) is 0 Å². The summed E-state index contributed by atoms with van der Waals surface area (Å²) >= 11 is 0. The number of oxazole rings is 1. The maximum atomic E-state index is 11.3. The largest absolute Gasteiger partial charge is 0.478 e. The normalized spacial score (nSPS) is 14.1. The molecule has 0 amide bonds. The van der Waals surface area contributed by atoms with Crippen LogP contribution in [0.15, 0.2) is 52.9 Å². The van der Waals surface area contributed by atoms with Gasteiger partial charge in [-0.1, -0.05) is 24.3 Å². The van der Waals surface area contributed by atoms with Gasteiger partial charge >= 0.3 is 5.97 Å². The molecule has 2 aromatic carbocycles. The number of aryl methyl sites for hydroxylation is 1. The monoisotopic (exact) mass is 408 g/mol. The number of fused-ring (bicyclic) bond motifs is 1. The van der Waals surface area contributed by atoms with Gasteiger partial charge in [0.25, 0.3) is 6.01 Å². The van der Waals surface area contributed by atoms with E-state index in [1.54, 1.807) is 19.9 Å². The van der Waals surface area contributed by atoms with Crippen LogP contribution in [0.2, 0.25) is 0 Å². The molecule has 0 radical (unpaired) electrons. The third-order valence-electron chi connectivity index (χ3n) is 5.41. The summed E-state index contributed by atoms with van der Waals surface area (Å²) in [4.78, 5) is 18.2. The molecule has 1 aromatic heterocycles. The molecule has 0 saturated heterocycles. The Morgan fingerprint density at radius 1 is 1.23 bits per heavy atom. The average molecular weight is 408 g/mol. The van der Waals surface area contributed by atoms with E-state index in [1.165, 1.54) is 12.8 Å². The zero-order valence-electron chi connectivity index (χ0n) is 17.5. The standard InChI is InChI=1S/C24H28N2O4/c1-24(2,22(27)28)30-19-9-5-7-17(15-19)8-6-14-26(16-18-12-13-18)23-25-20-10-3-4-11-21(20)29-23/h3-5,7,9-11,15,18H,6,8,12-14,16H2,1-2H3,(H,27,28). The molecule has 1 saturated carbocycles. The predicted molar refractivity (Wildman–Crippen MR) is 116 cm³/mol. The molecule has 3 aromatic rings. The van der Waals surface area contributed by atoms with E-state index in [-0.39, 0.29) is 0 Å². The van der Waals surface area contributed by atoms with E-state index in [9.17, 15) is 9.90 Å². The first-order valence-corrected chi connectivity index (χ1v) is 10.5. The highest BCUT2D eigenvalue weighted by molar-refractivity contribution is 5.76. The second-order valence-corrected chi connectivity index (χ2v) is 8.52. The van der Waals surface area contributed by atoms with Gasteiger partial charge in [0.1, 0.15) is 11.3 Å². The summed E-state index contributed by atoms with van der Waals surface area (Å²) in [5.74, 6) is 0.325. The Morgan fingerprint density at radius 2 is 2.03 bits per heavy atom. The molecule has 1 N–H and O–H groups in total. The van der Waals surface area contributed by atoms with Crippen LogP contribution >= 0.6 is 0 Å². The molecule has 0 spiro atoms. The molecule has 1 aliphatic carbocycles. The Kier molecular flexibility index (Phi) is 5.66. The fourth-order valence-electron chi connectivity index (χ4n) is 3.45. The first-order valence-electron chi connectivity index (χ1n) is 10.5. The summed E-state index contributed by atoms with van der Waals surface area (Å²) in [5, 5.41) is 9.27. The van der Waals surface area contributed by atoms with Gasteiger partial charge in [0, 0.05) is 13.1 Å². The maximum absolute atomic E-state index is 11.3. The molecule has 0 bridgehead atoms. The smallest absolute Gasteiger partial charge is 0.347 e. The van der Waals surface area contributed by atoms with E-state index in [0.717, 1.165) is 48.5 Å². The molecular formula is C24H28N2O4. The SMILES string of the molecule is CC(C)(Oc1cccc(CCCN(CC2CC2)c2nc3ccccc3o2)c1)C(=O)O. The zero-order chi connectivity index (χ0) is 21.1. The Hall–Kier alpha value is -3.02. The minimum absolute atomic E-state index is 0.577. The first kappa shape index (κ1) is 20.3. The van der Waals surface area contributed by atoms with Crippen LogP contribution in [-0.4, -0.2) is 34.8 Å². The van der Waals surface area contributed by atoms with Crippen molar-refractivity contribution in [2.24, 2.45) is 5.92 Å². The summed E-state index contributed by atoms with van der Waals surface area (Å²) in [6.07, 6.45) is 4.36. The highest BCUT2D eigenvalue weighted by atomic mass is 16.5. The number of hydrogen-bond acceptors (Lipinski definition) is 5. The van der Waals surface area contributed by atoms with Crippen molar-refractivity contribution >= 4 is 23.1 Å². The Bertz CT molecular complexity index is 990. The molecule has 4 rings (SSSR count). The van der Waals surface area contributed by atoms with E-state index >= 15 is 0 Å². The lowest BCUT2D eigenvalue weighted by Gasteiger charge is -2.22. The van der Waals surface area contributed by atoms with Crippen molar-refractivity contribution in [1.29, 1.82) is 0 Å². The van der Waals surface area contributed by atoms with Gasteiger partial charge < -0.3 is 19.2 Å². The number of rotatable bonds is 10. The molecule has 0 atom stereocenters. The number of aromatic nitrogens is 1. The summed E-state index contributed by atoms with van der Waals surface area (Å²) in [6.45, 7) is 4.94. The van der Waals surface area contributed by atoms with E-state index < -0.39 is 11.6 Å². The predicted octanol–water partition coefficient (Wildman–Crippen LogP) is 4.92. The van der Waals surface area contributed by atoms with E-state index in [2.05, 4.69) is 9.88 Å². The van der Waals surface area contributed by atoms with Crippen molar-refractivity contribution in [3.05, 3.63) is 54.1 Å². The molecule has 158 valence electrons. The first-order chi connectivity index (χ1) is 14.4. The van der Waals surface area contributed by atoms with Crippen LogP contribution in [0.1, 0.15) is 38.7 Å². The number of carboxylic acid groups (broad SMARTS) is 1. The summed E-state index contributed by atoms with van der Waals surface area (Å²) in [7, 11) is 0. The molecule has 0 unspecified atom stereocenters. The van der Waals surface area contributed by atoms with Gasteiger partial charge in [0.05, 0.1) is 0 Å². The fourth-order valence-corrected chi connectivity index (χ4v) is 3.45. The zero-order valence-corrected chi connectivity index (χ0v) is 17.5. The quantitative estimate of drug-likeness (QED) is 0.513. The highest BCUT2D eigenvalue weighted by Gasteiger charge is 2.29. The highest BCUT2D eigenvalue weighted by Crippen LogP contribution is 2.32. The second kappa shape index (κ2) is 8.38. The second-order valence-electron chi connectivity index (χ2n) is 8.52. The summed E-state index contributed by atoms with van der Waals surface area (Å²) in [5.41, 5.74) is 1.57. The van der Waals surface area contributed by atoms with Crippen molar-refractivity contribution in [2.45, 2.75) is 45.1 Å². The lowest BCUT2D eigenvalue weighted by atomic mass is 10.1. The van der Waals surface area contributed by atoms with Gasteiger partial charge in [0.2, 0.25) is 0 Å². The lowest BCUT2D eigenvalue weighted by Crippen LogP contribution is -2.37. The van der Waals surface area contributed by atoms with Crippen molar-refractivity contribution < 1.29 is 19.1 Å². The van der Waals surface area contributed by atoms with Crippen molar-refractivity contribution in [3.8, 4) is 5.75 Å². The number of carbonyl (C=O) groups is 1. The number of benzene rings is 2. The van der Waals surface area contributed by atoms with Gasteiger partial charge in [0.15, 0.2) is 11.2 Å².